The highest BCUT2D eigenvalue weighted by molar-refractivity contribution is 5.91. The molecule has 2 heterocycles. The molecule has 0 saturated heterocycles. The van der Waals surface area contributed by atoms with Crippen LogP contribution in [-0.2, 0) is 17.8 Å². The summed E-state index contributed by atoms with van der Waals surface area (Å²) in [4.78, 5) is 26.0. The fourth-order valence-electron chi connectivity index (χ4n) is 4.33. The molecule has 2 aromatic carbocycles. The second-order valence-corrected chi connectivity index (χ2v) is 8.25. The number of rotatable bonds is 6. The number of pyridine rings is 1. The van der Waals surface area contributed by atoms with Gasteiger partial charge in [-0.25, -0.2) is 9.07 Å². The maximum absolute atomic E-state index is 13.9. The number of aromatic nitrogens is 3. The number of hydrogen-bond acceptors (Lipinski definition) is 3. The van der Waals surface area contributed by atoms with E-state index in [0.29, 0.717) is 29.9 Å². The van der Waals surface area contributed by atoms with Gasteiger partial charge in [0.2, 0.25) is 5.91 Å². The summed E-state index contributed by atoms with van der Waals surface area (Å²) in [7, 11) is 0. The molecule has 170 valence electrons. The molecule has 0 spiro atoms. The Balaban J connectivity index is 1.72. The standard InChI is InChI=1S/C26H27FN4O2/c1-5-30-25-24(18(4)29-31(25)21-11-7-9-19(27)15-21)17(3)22(26(30)33)12-13-23(32)28-20-10-6-8-16(2)14-20/h6-11,14-15H,5,12-13H2,1-4H3,(H,28,32). The maximum atomic E-state index is 13.9. The van der Waals surface area contributed by atoms with Crippen LogP contribution in [0.4, 0.5) is 10.1 Å². The summed E-state index contributed by atoms with van der Waals surface area (Å²) in [6.07, 6.45) is 0.513. The number of aryl methyl sites for hydroxylation is 4. The molecule has 0 aliphatic rings. The molecular formula is C26H27FN4O2. The molecule has 6 nitrogen and oxygen atoms in total. The first kappa shape index (κ1) is 22.5. The van der Waals surface area contributed by atoms with E-state index in [9.17, 15) is 14.0 Å². The topological polar surface area (TPSA) is 68.9 Å². The van der Waals surface area contributed by atoms with Gasteiger partial charge in [-0.3, -0.25) is 14.2 Å². The highest BCUT2D eigenvalue weighted by atomic mass is 19.1. The summed E-state index contributed by atoms with van der Waals surface area (Å²) in [5.74, 6) is -0.512. The Morgan fingerprint density at radius 2 is 1.85 bits per heavy atom. The van der Waals surface area contributed by atoms with Gasteiger partial charge in [0.1, 0.15) is 11.5 Å². The lowest BCUT2D eigenvalue weighted by atomic mass is 10.0. The Morgan fingerprint density at radius 1 is 1.09 bits per heavy atom. The van der Waals surface area contributed by atoms with Gasteiger partial charge in [-0.1, -0.05) is 18.2 Å². The first-order valence-electron chi connectivity index (χ1n) is 11.0. The maximum Gasteiger partial charge on any atom is 0.255 e. The number of anilines is 1. The van der Waals surface area contributed by atoms with E-state index in [-0.39, 0.29) is 23.7 Å². The number of halogens is 1. The Labute approximate surface area is 191 Å². The molecule has 1 amide bonds. The largest absolute Gasteiger partial charge is 0.326 e. The molecule has 4 rings (SSSR count). The molecule has 0 aliphatic heterocycles. The van der Waals surface area contributed by atoms with E-state index in [1.165, 1.54) is 12.1 Å². The Kier molecular flexibility index (Phi) is 6.14. The summed E-state index contributed by atoms with van der Waals surface area (Å²) in [6, 6.07) is 13.8. The van der Waals surface area contributed by atoms with Crippen molar-refractivity contribution >= 4 is 22.6 Å². The van der Waals surface area contributed by atoms with Crippen LogP contribution < -0.4 is 10.9 Å². The van der Waals surface area contributed by atoms with Crippen LogP contribution in [0.1, 0.15) is 35.7 Å². The minimum absolute atomic E-state index is 0.144. The Hall–Kier alpha value is -3.74. The van der Waals surface area contributed by atoms with E-state index in [1.807, 2.05) is 52.0 Å². The van der Waals surface area contributed by atoms with Gasteiger partial charge in [-0.05, 0) is 75.6 Å². The Bertz CT molecular complexity index is 1420. The first-order chi connectivity index (χ1) is 15.8. The van der Waals surface area contributed by atoms with Crippen LogP contribution in [0, 0.1) is 26.6 Å². The summed E-state index contributed by atoms with van der Waals surface area (Å²) >= 11 is 0. The zero-order valence-corrected chi connectivity index (χ0v) is 19.3. The number of amides is 1. The molecule has 0 unspecified atom stereocenters. The van der Waals surface area contributed by atoms with Crippen molar-refractivity contribution in [2.75, 3.05) is 5.32 Å². The van der Waals surface area contributed by atoms with Crippen molar-refractivity contribution in [3.63, 3.8) is 0 Å². The van der Waals surface area contributed by atoms with E-state index in [0.717, 1.165) is 27.9 Å². The van der Waals surface area contributed by atoms with Crippen LogP contribution in [0.25, 0.3) is 16.7 Å². The molecule has 1 N–H and O–H groups in total. The summed E-state index contributed by atoms with van der Waals surface area (Å²) in [5.41, 5.74) is 5.00. The van der Waals surface area contributed by atoms with Gasteiger partial charge in [-0.15, -0.1) is 0 Å². The smallest absolute Gasteiger partial charge is 0.255 e. The van der Waals surface area contributed by atoms with Gasteiger partial charge in [-0.2, -0.15) is 5.10 Å². The predicted octanol–water partition coefficient (Wildman–Crippen LogP) is 4.84. The van der Waals surface area contributed by atoms with Gasteiger partial charge < -0.3 is 5.32 Å². The van der Waals surface area contributed by atoms with Gasteiger partial charge in [0.15, 0.2) is 0 Å². The molecule has 0 fully saturated rings. The molecule has 7 heteroatoms. The highest BCUT2D eigenvalue weighted by Gasteiger charge is 2.21. The number of fused-ring (bicyclic) bond motifs is 1. The third kappa shape index (κ3) is 4.31. The SMILES string of the molecule is CCn1c(=O)c(CCC(=O)Nc2cccc(C)c2)c(C)c2c(C)nn(-c3cccc(F)c3)c21. The highest BCUT2D eigenvalue weighted by Crippen LogP contribution is 2.26. The van der Waals surface area contributed by atoms with Crippen LogP contribution >= 0.6 is 0 Å². The molecular weight excluding hydrogens is 419 g/mol. The monoisotopic (exact) mass is 446 g/mol. The van der Waals surface area contributed by atoms with E-state index in [2.05, 4.69) is 10.4 Å². The van der Waals surface area contributed by atoms with Gasteiger partial charge in [0.25, 0.3) is 5.56 Å². The van der Waals surface area contributed by atoms with Crippen molar-refractivity contribution in [1.29, 1.82) is 0 Å². The lowest BCUT2D eigenvalue weighted by Gasteiger charge is -2.14. The number of benzene rings is 2. The van der Waals surface area contributed by atoms with Crippen LogP contribution in [0.2, 0.25) is 0 Å². The first-order valence-corrected chi connectivity index (χ1v) is 11.0. The molecule has 2 aromatic heterocycles. The van der Waals surface area contributed by atoms with E-state index in [4.69, 9.17) is 0 Å². The van der Waals surface area contributed by atoms with Crippen LogP contribution in [0.15, 0.2) is 53.3 Å². The third-order valence-corrected chi connectivity index (χ3v) is 5.90. The molecule has 0 atom stereocenters. The second-order valence-electron chi connectivity index (χ2n) is 8.25. The number of hydrogen-bond donors (Lipinski definition) is 1. The van der Waals surface area contributed by atoms with Gasteiger partial charge in [0, 0.05) is 29.6 Å². The fourth-order valence-corrected chi connectivity index (χ4v) is 4.33. The van der Waals surface area contributed by atoms with E-state index < -0.39 is 0 Å². The van der Waals surface area contributed by atoms with Crippen molar-refractivity contribution in [2.45, 2.75) is 47.1 Å². The molecule has 0 radical (unpaired) electrons. The van der Waals surface area contributed by atoms with Crippen molar-refractivity contribution in [2.24, 2.45) is 0 Å². The van der Waals surface area contributed by atoms with Gasteiger partial charge >= 0.3 is 0 Å². The van der Waals surface area contributed by atoms with Gasteiger partial charge in [0.05, 0.1) is 11.4 Å². The Morgan fingerprint density at radius 3 is 2.55 bits per heavy atom. The van der Waals surface area contributed by atoms with Crippen LogP contribution in [0.3, 0.4) is 0 Å². The summed E-state index contributed by atoms with van der Waals surface area (Å²) in [6.45, 7) is 8.06. The van der Waals surface area contributed by atoms with Crippen molar-refractivity contribution in [3.05, 3.63) is 87.1 Å². The quantitative estimate of drug-likeness (QED) is 0.461. The molecule has 0 aliphatic carbocycles. The zero-order chi connectivity index (χ0) is 23.7. The molecule has 33 heavy (non-hydrogen) atoms. The van der Waals surface area contributed by atoms with Crippen molar-refractivity contribution in [1.82, 2.24) is 14.3 Å². The van der Waals surface area contributed by atoms with Crippen molar-refractivity contribution < 1.29 is 9.18 Å². The number of nitrogens with zero attached hydrogens (tertiary/aromatic N) is 3. The number of carbonyl (C=O) groups is 1. The number of nitrogens with one attached hydrogen (secondary N) is 1. The average Bonchev–Trinajstić information content (AvgIpc) is 3.11. The van der Waals surface area contributed by atoms with Crippen LogP contribution in [-0.4, -0.2) is 20.3 Å². The third-order valence-electron chi connectivity index (χ3n) is 5.90. The fraction of sp³-hybridized carbons (Fsp3) is 0.269. The average molecular weight is 447 g/mol. The summed E-state index contributed by atoms with van der Waals surface area (Å²) < 4.78 is 17.2. The van der Waals surface area contributed by atoms with Crippen LogP contribution in [0.5, 0.6) is 0 Å². The van der Waals surface area contributed by atoms with E-state index >= 15 is 0 Å². The molecule has 0 bridgehead atoms. The predicted molar refractivity (Wildman–Crippen MR) is 129 cm³/mol. The lowest BCUT2D eigenvalue weighted by molar-refractivity contribution is -0.116. The molecule has 0 saturated carbocycles. The zero-order valence-electron chi connectivity index (χ0n) is 19.3. The normalized spacial score (nSPS) is 11.2. The van der Waals surface area contributed by atoms with E-state index in [1.54, 1.807) is 21.4 Å². The summed E-state index contributed by atoms with van der Waals surface area (Å²) in [5, 5.41) is 8.38. The molecule has 4 aromatic rings. The second kappa shape index (κ2) is 9.02. The minimum Gasteiger partial charge on any atom is -0.326 e. The van der Waals surface area contributed by atoms with Crippen molar-refractivity contribution in [3.8, 4) is 5.69 Å². The lowest BCUT2D eigenvalue weighted by Crippen LogP contribution is -2.27. The number of carbonyl (C=O) groups excluding carboxylic acids is 1. The minimum atomic E-state index is -0.368.